The van der Waals surface area contributed by atoms with Gasteiger partial charge in [0.1, 0.15) is 6.61 Å². The Bertz CT molecular complexity index is 696. The van der Waals surface area contributed by atoms with E-state index in [0.29, 0.717) is 17.2 Å². The minimum Gasteiger partial charge on any atom is -0.493 e. The topological polar surface area (TPSA) is 74.7 Å². The Hall–Kier alpha value is -2.63. The van der Waals surface area contributed by atoms with Crippen molar-refractivity contribution in [2.45, 2.75) is 20.5 Å². The van der Waals surface area contributed by atoms with Crippen LogP contribution in [-0.4, -0.2) is 24.0 Å². The Morgan fingerprint density at radius 3 is 2.52 bits per heavy atom. The van der Waals surface area contributed by atoms with Crippen molar-refractivity contribution in [1.82, 2.24) is 4.98 Å². The fourth-order valence-corrected chi connectivity index (χ4v) is 1.92. The maximum Gasteiger partial charge on any atom is 0.308 e. The van der Waals surface area contributed by atoms with E-state index >= 15 is 0 Å². The molecule has 0 aliphatic heterocycles. The number of methoxy groups -OCH3 is 1. The molecule has 0 radical (unpaired) electrons. The van der Waals surface area contributed by atoms with E-state index in [0.717, 1.165) is 10.8 Å². The Kier molecular flexibility index (Phi) is 4.37. The molecule has 1 aromatic carbocycles. The molecule has 0 atom stereocenters. The summed E-state index contributed by atoms with van der Waals surface area (Å²) in [5.74, 6) is -0.0592. The molecular weight excluding hydrogens is 274 g/mol. The van der Waals surface area contributed by atoms with E-state index < -0.39 is 5.97 Å². The third kappa shape index (κ3) is 3.47. The van der Waals surface area contributed by atoms with Crippen molar-refractivity contribution in [3.8, 4) is 11.5 Å². The Labute approximate surface area is 121 Å². The minimum atomic E-state index is -0.429. The van der Waals surface area contributed by atoms with E-state index in [1.165, 1.54) is 21.0 Å². The molecule has 0 aliphatic rings. The number of hydrogen-bond acceptors (Lipinski definition) is 6. The minimum absolute atomic E-state index is 0.0722. The van der Waals surface area contributed by atoms with Crippen LogP contribution in [0.3, 0.4) is 0 Å². The first kappa shape index (κ1) is 14.8. The maximum absolute atomic E-state index is 11.1. The Morgan fingerprint density at radius 1 is 1.14 bits per heavy atom. The number of aromatic nitrogens is 1. The van der Waals surface area contributed by atoms with Crippen LogP contribution in [0.15, 0.2) is 24.4 Å². The van der Waals surface area contributed by atoms with Crippen molar-refractivity contribution in [3.63, 3.8) is 0 Å². The summed E-state index contributed by atoms with van der Waals surface area (Å²) in [5.41, 5.74) is 0.607. The zero-order chi connectivity index (χ0) is 15.4. The van der Waals surface area contributed by atoms with E-state index in [4.69, 9.17) is 14.2 Å². The monoisotopic (exact) mass is 289 g/mol. The third-order valence-electron chi connectivity index (χ3n) is 2.80. The Balaban J connectivity index is 2.49. The number of rotatable bonds is 4. The number of benzene rings is 1. The summed E-state index contributed by atoms with van der Waals surface area (Å²) in [6.45, 7) is 2.73. The van der Waals surface area contributed by atoms with Crippen LogP contribution in [0.25, 0.3) is 10.8 Å². The molecule has 0 fully saturated rings. The van der Waals surface area contributed by atoms with E-state index in [1.807, 2.05) is 0 Å². The number of hydrogen-bond donors (Lipinski definition) is 0. The molecule has 0 bridgehead atoms. The smallest absolute Gasteiger partial charge is 0.308 e. The largest absolute Gasteiger partial charge is 0.493 e. The maximum atomic E-state index is 11.1. The number of esters is 2. The molecule has 2 rings (SSSR count). The standard InChI is InChI=1S/C15H15NO5/c1-9(17)20-8-13-12-7-14(19-3)15(21-10(2)18)6-11(12)4-5-16-13/h4-7H,8H2,1-3H3. The molecule has 0 amide bonds. The zero-order valence-corrected chi connectivity index (χ0v) is 12.0. The number of pyridine rings is 1. The summed E-state index contributed by atoms with van der Waals surface area (Å²) >= 11 is 0. The van der Waals surface area contributed by atoms with Crippen LogP contribution >= 0.6 is 0 Å². The van der Waals surface area contributed by atoms with Crippen LogP contribution in [0.2, 0.25) is 0 Å². The average molecular weight is 289 g/mol. The summed E-state index contributed by atoms with van der Waals surface area (Å²) < 4.78 is 15.3. The predicted octanol–water partition coefficient (Wildman–Crippen LogP) is 2.23. The molecule has 0 unspecified atom stereocenters. The first-order valence-corrected chi connectivity index (χ1v) is 6.28. The highest BCUT2D eigenvalue weighted by Crippen LogP contribution is 2.33. The fourth-order valence-electron chi connectivity index (χ4n) is 1.92. The number of nitrogens with zero attached hydrogens (tertiary/aromatic N) is 1. The molecule has 0 aliphatic carbocycles. The summed E-state index contributed by atoms with van der Waals surface area (Å²) in [6.07, 6.45) is 1.60. The fraction of sp³-hybridized carbons (Fsp3) is 0.267. The Morgan fingerprint density at radius 2 is 1.90 bits per heavy atom. The van der Waals surface area contributed by atoms with Gasteiger partial charge in [0.15, 0.2) is 11.5 Å². The molecule has 2 aromatic rings. The van der Waals surface area contributed by atoms with Gasteiger partial charge in [0.2, 0.25) is 0 Å². The lowest BCUT2D eigenvalue weighted by Gasteiger charge is -2.11. The zero-order valence-electron chi connectivity index (χ0n) is 12.0. The second-order valence-electron chi connectivity index (χ2n) is 4.36. The van der Waals surface area contributed by atoms with E-state index in [-0.39, 0.29) is 12.6 Å². The highest BCUT2D eigenvalue weighted by molar-refractivity contribution is 5.88. The molecule has 0 saturated carbocycles. The number of ether oxygens (including phenoxy) is 3. The molecule has 1 aromatic heterocycles. The van der Waals surface area contributed by atoms with E-state index in [2.05, 4.69) is 4.98 Å². The summed E-state index contributed by atoms with van der Waals surface area (Å²) in [7, 11) is 1.48. The number of carbonyl (C=O) groups is 2. The normalized spacial score (nSPS) is 10.2. The van der Waals surface area contributed by atoms with Gasteiger partial charge in [0.05, 0.1) is 12.8 Å². The van der Waals surface area contributed by atoms with Gasteiger partial charge >= 0.3 is 11.9 Å². The van der Waals surface area contributed by atoms with Gasteiger partial charge in [-0.25, -0.2) is 0 Å². The average Bonchev–Trinajstić information content (AvgIpc) is 2.43. The number of fused-ring (bicyclic) bond motifs is 1. The van der Waals surface area contributed by atoms with Crippen molar-refractivity contribution < 1.29 is 23.8 Å². The van der Waals surface area contributed by atoms with Crippen molar-refractivity contribution in [2.24, 2.45) is 0 Å². The molecular formula is C15H15NO5. The first-order valence-electron chi connectivity index (χ1n) is 6.28. The lowest BCUT2D eigenvalue weighted by Crippen LogP contribution is -2.04. The second-order valence-corrected chi connectivity index (χ2v) is 4.36. The van der Waals surface area contributed by atoms with Crippen LogP contribution < -0.4 is 9.47 Å². The van der Waals surface area contributed by atoms with Gasteiger partial charge in [0.25, 0.3) is 0 Å². The van der Waals surface area contributed by atoms with Gasteiger partial charge in [-0.05, 0) is 23.6 Å². The van der Waals surface area contributed by atoms with Gasteiger partial charge in [0, 0.05) is 25.4 Å². The molecule has 110 valence electrons. The lowest BCUT2D eigenvalue weighted by atomic mass is 10.1. The highest BCUT2D eigenvalue weighted by atomic mass is 16.6. The van der Waals surface area contributed by atoms with Gasteiger partial charge < -0.3 is 14.2 Å². The summed E-state index contributed by atoms with van der Waals surface area (Å²) in [6, 6.07) is 5.17. The van der Waals surface area contributed by atoms with Gasteiger partial charge in [-0.3, -0.25) is 14.6 Å². The third-order valence-corrected chi connectivity index (χ3v) is 2.80. The van der Waals surface area contributed by atoms with Gasteiger partial charge in [-0.15, -0.1) is 0 Å². The van der Waals surface area contributed by atoms with Crippen molar-refractivity contribution in [1.29, 1.82) is 0 Å². The van der Waals surface area contributed by atoms with Crippen LogP contribution in [0.1, 0.15) is 19.5 Å². The molecule has 6 heteroatoms. The second kappa shape index (κ2) is 6.21. The van der Waals surface area contributed by atoms with Crippen molar-refractivity contribution in [3.05, 3.63) is 30.1 Å². The van der Waals surface area contributed by atoms with Gasteiger partial charge in [-0.1, -0.05) is 0 Å². The predicted molar refractivity (Wildman–Crippen MR) is 75.1 cm³/mol. The van der Waals surface area contributed by atoms with E-state index in [9.17, 15) is 9.59 Å². The first-order chi connectivity index (χ1) is 10.0. The van der Waals surface area contributed by atoms with Crippen LogP contribution in [-0.2, 0) is 20.9 Å². The van der Waals surface area contributed by atoms with Crippen LogP contribution in [0.4, 0.5) is 0 Å². The van der Waals surface area contributed by atoms with Gasteiger partial charge in [-0.2, -0.15) is 0 Å². The SMILES string of the molecule is COc1cc2c(COC(C)=O)nccc2cc1OC(C)=O. The number of carbonyl (C=O) groups excluding carboxylic acids is 2. The molecule has 0 N–H and O–H groups in total. The summed E-state index contributed by atoms with van der Waals surface area (Å²) in [4.78, 5) is 26.2. The van der Waals surface area contributed by atoms with E-state index in [1.54, 1.807) is 24.4 Å². The quantitative estimate of drug-likeness (QED) is 0.634. The molecule has 21 heavy (non-hydrogen) atoms. The lowest BCUT2D eigenvalue weighted by molar-refractivity contribution is -0.142. The van der Waals surface area contributed by atoms with Crippen molar-refractivity contribution >= 4 is 22.7 Å². The summed E-state index contributed by atoms with van der Waals surface area (Å²) in [5, 5.41) is 1.58. The molecule has 6 nitrogen and oxygen atoms in total. The molecule has 1 heterocycles. The molecule has 0 saturated heterocycles. The highest BCUT2D eigenvalue weighted by Gasteiger charge is 2.12. The molecule has 0 spiro atoms. The van der Waals surface area contributed by atoms with Crippen LogP contribution in [0, 0.1) is 0 Å². The van der Waals surface area contributed by atoms with Crippen LogP contribution in [0.5, 0.6) is 11.5 Å². The van der Waals surface area contributed by atoms with Crippen molar-refractivity contribution in [2.75, 3.05) is 7.11 Å².